The fraction of sp³-hybridized carbons (Fsp3) is 0.615. The lowest BCUT2D eigenvalue weighted by molar-refractivity contribution is 0.0958. The summed E-state index contributed by atoms with van der Waals surface area (Å²) in [6.07, 6.45) is 2.03. The van der Waals surface area contributed by atoms with Gasteiger partial charge >= 0.3 is 0 Å². The molecule has 0 saturated carbocycles. The average molecular weight is 269 g/mol. The summed E-state index contributed by atoms with van der Waals surface area (Å²) in [6.45, 7) is 8.00. The Morgan fingerprint density at radius 2 is 2.17 bits per heavy atom. The minimum atomic E-state index is -0.0729. The maximum atomic E-state index is 11.8. The maximum Gasteiger partial charge on any atom is 0.263 e. The van der Waals surface area contributed by atoms with Gasteiger partial charge in [0.25, 0.3) is 5.91 Å². The smallest absolute Gasteiger partial charge is 0.263 e. The lowest BCUT2D eigenvalue weighted by Gasteiger charge is -2.05. The molecule has 102 valence electrons. The quantitative estimate of drug-likeness (QED) is 0.713. The highest BCUT2D eigenvalue weighted by Gasteiger charge is 2.13. The fourth-order valence-corrected chi connectivity index (χ4v) is 2.39. The summed E-state index contributed by atoms with van der Waals surface area (Å²) in [7, 11) is 0. The molecule has 4 nitrogen and oxygen atoms in total. The van der Waals surface area contributed by atoms with Crippen LogP contribution in [0, 0.1) is 5.92 Å². The van der Waals surface area contributed by atoms with E-state index >= 15 is 0 Å². The Kier molecular flexibility index (Phi) is 5.98. The van der Waals surface area contributed by atoms with Crippen molar-refractivity contribution in [3.05, 3.63) is 10.9 Å². The van der Waals surface area contributed by atoms with Crippen LogP contribution in [-0.2, 0) is 0 Å². The highest BCUT2D eigenvalue weighted by molar-refractivity contribution is 7.18. The lowest BCUT2D eigenvalue weighted by atomic mass is 10.1. The van der Waals surface area contributed by atoms with E-state index in [1.807, 2.05) is 13.0 Å². The van der Waals surface area contributed by atoms with E-state index in [1.165, 1.54) is 11.3 Å². The van der Waals surface area contributed by atoms with Crippen LogP contribution in [0.3, 0.4) is 0 Å². The molecule has 1 heterocycles. The number of amides is 1. The van der Waals surface area contributed by atoms with Crippen LogP contribution in [-0.4, -0.2) is 19.0 Å². The molecule has 0 aromatic carbocycles. The maximum absolute atomic E-state index is 11.8. The van der Waals surface area contributed by atoms with Crippen molar-refractivity contribution in [2.24, 2.45) is 5.92 Å². The first-order valence-electron chi connectivity index (χ1n) is 6.46. The van der Waals surface area contributed by atoms with E-state index in [1.54, 1.807) is 0 Å². The van der Waals surface area contributed by atoms with Gasteiger partial charge < -0.3 is 16.4 Å². The van der Waals surface area contributed by atoms with Crippen LogP contribution in [0.4, 0.5) is 10.7 Å². The van der Waals surface area contributed by atoms with E-state index in [-0.39, 0.29) is 5.91 Å². The Hall–Kier alpha value is -1.23. The van der Waals surface area contributed by atoms with Gasteiger partial charge in [-0.1, -0.05) is 20.8 Å². The second kappa shape index (κ2) is 7.26. The van der Waals surface area contributed by atoms with Crippen molar-refractivity contribution in [1.82, 2.24) is 5.32 Å². The van der Waals surface area contributed by atoms with Crippen molar-refractivity contribution in [2.75, 3.05) is 24.1 Å². The summed E-state index contributed by atoms with van der Waals surface area (Å²) in [6, 6.07) is 1.84. The third kappa shape index (κ3) is 4.56. The topological polar surface area (TPSA) is 67.2 Å². The van der Waals surface area contributed by atoms with Gasteiger partial charge in [0.2, 0.25) is 0 Å². The van der Waals surface area contributed by atoms with Crippen molar-refractivity contribution < 1.29 is 4.79 Å². The zero-order valence-corrected chi connectivity index (χ0v) is 12.2. The molecule has 1 aromatic heterocycles. The zero-order chi connectivity index (χ0) is 13.5. The van der Waals surface area contributed by atoms with Gasteiger partial charge in [0.1, 0.15) is 4.88 Å². The molecular formula is C13H23N3OS. The molecule has 1 amide bonds. The second-order valence-corrected chi connectivity index (χ2v) is 5.81. The third-order valence-electron chi connectivity index (χ3n) is 2.52. The SMILES string of the molecule is CCCNC(=O)c1sc(NCCC(C)C)cc1N. The van der Waals surface area contributed by atoms with E-state index in [2.05, 4.69) is 24.5 Å². The molecule has 0 aliphatic rings. The number of hydrogen-bond acceptors (Lipinski definition) is 4. The average Bonchev–Trinajstić information content (AvgIpc) is 2.67. The number of anilines is 2. The van der Waals surface area contributed by atoms with Gasteiger partial charge in [-0.05, 0) is 24.8 Å². The van der Waals surface area contributed by atoms with Crippen molar-refractivity contribution in [3.8, 4) is 0 Å². The minimum Gasteiger partial charge on any atom is -0.397 e. The number of thiophene rings is 1. The summed E-state index contributed by atoms with van der Waals surface area (Å²) in [5, 5.41) is 7.11. The van der Waals surface area contributed by atoms with Crippen molar-refractivity contribution in [3.63, 3.8) is 0 Å². The molecule has 0 fully saturated rings. The molecule has 0 saturated heterocycles. The summed E-state index contributed by atoms with van der Waals surface area (Å²) < 4.78 is 0. The number of nitrogens with two attached hydrogens (primary N) is 1. The molecule has 0 aliphatic heterocycles. The van der Waals surface area contributed by atoms with Crippen LogP contribution < -0.4 is 16.4 Å². The van der Waals surface area contributed by atoms with Gasteiger partial charge in [-0.15, -0.1) is 11.3 Å². The first-order chi connectivity index (χ1) is 8.54. The van der Waals surface area contributed by atoms with Gasteiger partial charge in [0.15, 0.2) is 0 Å². The van der Waals surface area contributed by atoms with Gasteiger partial charge in [-0.3, -0.25) is 4.79 Å². The molecule has 0 unspecified atom stereocenters. The largest absolute Gasteiger partial charge is 0.397 e. The Morgan fingerprint density at radius 1 is 1.44 bits per heavy atom. The van der Waals surface area contributed by atoms with Gasteiger partial charge in [0.05, 0.1) is 10.7 Å². The highest BCUT2D eigenvalue weighted by Crippen LogP contribution is 2.29. The summed E-state index contributed by atoms with van der Waals surface area (Å²) in [5.74, 6) is 0.596. The zero-order valence-electron chi connectivity index (χ0n) is 11.4. The molecule has 1 aromatic rings. The monoisotopic (exact) mass is 269 g/mol. The first kappa shape index (κ1) is 14.8. The van der Waals surface area contributed by atoms with E-state index in [9.17, 15) is 4.79 Å². The Labute approximate surface area is 113 Å². The molecular weight excluding hydrogens is 246 g/mol. The molecule has 18 heavy (non-hydrogen) atoms. The first-order valence-corrected chi connectivity index (χ1v) is 7.27. The van der Waals surface area contributed by atoms with E-state index in [0.29, 0.717) is 23.0 Å². The molecule has 0 radical (unpaired) electrons. The molecule has 0 bridgehead atoms. The van der Waals surface area contributed by atoms with Crippen LogP contribution in [0.2, 0.25) is 0 Å². The van der Waals surface area contributed by atoms with Gasteiger partial charge in [-0.25, -0.2) is 0 Å². The molecule has 0 spiro atoms. The number of hydrogen-bond donors (Lipinski definition) is 3. The Morgan fingerprint density at radius 3 is 2.78 bits per heavy atom. The standard InChI is InChI=1S/C13H23N3OS/c1-4-6-16-13(17)12-10(14)8-11(18-12)15-7-5-9(2)3/h8-9,15H,4-7,14H2,1-3H3,(H,16,17). The number of nitrogen functional groups attached to an aromatic ring is 1. The number of carbonyl (C=O) groups excluding carboxylic acids is 1. The van der Waals surface area contributed by atoms with Crippen LogP contribution in [0.1, 0.15) is 43.3 Å². The van der Waals surface area contributed by atoms with Crippen LogP contribution >= 0.6 is 11.3 Å². The van der Waals surface area contributed by atoms with Crippen LogP contribution in [0.25, 0.3) is 0 Å². The van der Waals surface area contributed by atoms with E-state index < -0.39 is 0 Å². The summed E-state index contributed by atoms with van der Waals surface area (Å²) in [5.41, 5.74) is 6.41. The number of rotatable bonds is 7. The van der Waals surface area contributed by atoms with Crippen molar-refractivity contribution in [1.29, 1.82) is 0 Å². The van der Waals surface area contributed by atoms with E-state index in [0.717, 1.165) is 24.4 Å². The molecule has 0 aliphatic carbocycles. The van der Waals surface area contributed by atoms with Gasteiger partial charge in [0, 0.05) is 13.1 Å². The molecule has 1 rings (SSSR count). The highest BCUT2D eigenvalue weighted by atomic mass is 32.1. The van der Waals surface area contributed by atoms with E-state index in [4.69, 9.17) is 5.73 Å². The molecule has 4 N–H and O–H groups in total. The van der Waals surface area contributed by atoms with Crippen LogP contribution in [0.5, 0.6) is 0 Å². The lowest BCUT2D eigenvalue weighted by Crippen LogP contribution is -2.23. The van der Waals surface area contributed by atoms with Gasteiger partial charge in [-0.2, -0.15) is 0 Å². The predicted molar refractivity (Wildman–Crippen MR) is 79.3 cm³/mol. The second-order valence-electron chi connectivity index (χ2n) is 4.76. The molecule has 5 heteroatoms. The Balaban J connectivity index is 2.55. The number of nitrogens with one attached hydrogen (secondary N) is 2. The Bertz CT molecular complexity index is 388. The number of carbonyl (C=O) groups is 1. The predicted octanol–water partition coefficient (Wildman–Crippen LogP) is 2.93. The summed E-state index contributed by atoms with van der Waals surface area (Å²) in [4.78, 5) is 12.4. The summed E-state index contributed by atoms with van der Waals surface area (Å²) >= 11 is 1.42. The molecule has 0 atom stereocenters. The third-order valence-corrected chi connectivity index (χ3v) is 3.63. The normalized spacial score (nSPS) is 10.7. The fourth-order valence-electron chi connectivity index (χ4n) is 1.47. The van der Waals surface area contributed by atoms with Crippen LogP contribution in [0.15, 0.2) is 6.07 Å². The van der Waals surface area contributed by atoms with Crippen molar-refractivity contribution >= 4 is 27.9 Å². The minimum absolute atomic E-state index is 0.0729. The van der Waals surface area contributed by atoms with Crippen molar-refractivity contribution in [2.45, 2.75) is 33.6 Å².